The molecule has 0 atom stereocenters. The number of hydrogen-bond donors (Lipinski definition) is 2. The molecule has 0 spiro atoms. The fourth-order valence-corrected chi connectivity index (χ4v) is 3.54. The van der Waals surface area contributed by atoms with Crippen molar-refractivity contribution in [2.24, 2.45) is 5.41 Å². The molecule has 134 valence electrons. The van der Waals surface area contributed by atoms with E-state index in [1.54, 1.807) is 36.4 Å². The minimum absolute atomic E-state index is 0.0426. The van der Waals surface area contributed by atoms with Gasteiger partial charge in [-0.3, -0.25) is 9.52 Å². The fourth-order valence-electron chi connectivity index (χ4n) is 2.18. The van der Waals surface area contributed by atoms with Gasteiger partial charge in [0.2, 0.25) is 5.91 Å². The Morgan fingerprint density at radius 2 is 1.76 bits per heavy atom. The topological polar surface area (TPSA) is 75.3 Å². The number of anilines is 2. The Morgan fingerprint density at radius 3 is 2.40 bits per heavy atom. The minimum atomic E-state index is -3.81. The van der Waals surface area contributed by atoms with E-state index < -0.39 is 10.0 Å². The van der Waals surface area contributed by atoms with Gasteiger partial charge in [-0.2, -0.15) is 0 Å². The molecule has 25 heavy (non-hydrogen) atoms. The molecule has 2 aromatic rings. The molecule has 2 N–H and O–H groups in total. The molecule has 0 aliphatic carbocycles. The Hall–Kier alpha value is -2.05. The summed E-state index contributed by atoms with van der Waals surface area (Å²) in [6.45, 7) is 5.88. The maximum atomic E-state index is 12.5. The quantitative estimate of drug-likeness (QED) is 0.800. The first kappa shape index (κ1) is 19.3. The van der Waals surface area contributed by atoms with Crippen LogP contribution in [0.5, 0.6) is 0 Å². The van der Waals surface area contributed by atoms with Crippen LogP contribution < -0.4 is 10.0 Å². The second-order valence-electron chi connectivity index (χ2n) is 6.90. The first-order valence-corrected chi connectivity index (χ1v) is 9.60. The largest absolute Gasteiger partial charge is 0.326 e. The molecule has 0 bridgehead atoms. The Kier molecular flexibility index (Phi) is 5.75. The lowest BCUT2D eigenvalue weighted by Crippen LogP contribution is -2.20. The Bertz CT molecular complexity index is 874. The van der Waals surface area contributed by atoms with Crippen LogP contribution in [0.1, 0.15) is 27.2 Å². The van der Waals surface area contributed by atoms with Crippen LogP contribution in [-0.4, -0.2) is 14.3 Å². The van der Waals surface area contributed by atoms with E-state index in [1.807, 2.05) is 20.8 Å². The predicted octanol–water partition coefficient (Wildman–Crippen LogP) is 4.52. The summed E-state index contributed by atoms with van der Waals surface area (Å²) in [6.07, 6.45) is 0.335. The Morgan fingerprint density at radius 1 is 1.08 bits per heavy atom. The predicted molar refractivity (Wildman–Crippen MR) is 101 cm³/mol. The molecule has 0 aliphatic heterocycles. The van der Waals surface area contributed by atoms with E-state index in [1.165, 1.54) is 12.1 Å². The molecule has 0 saturated heterocycles. The van der Waals surface area contributed by atoms with Gasteiger partial charge in [-0.1, -0.05) is 50.6 Å². The number of rotatable bonds is 5. The van der Waals surface area contributed by atoms with E-state index in [0.29, 0.717) is 22.8 Å². The lowest BCUT2D eigenvalue weighted by atomic mass is 9.92. The number of carbonyl (C=O) groups excluding carboxylic acids is 1. The van der Waals surface area contributed by atoms with Gasteiger partial charge in [0.15, 0.2) is 0 Å². The maximum Gasteiger partial charge on any atom is 0.262 e. The van der Waals surface area contributed by atoms with Gasteiger partial charge in [0.05, 0.1) is 15.6 Å². The number of hydrogen-bond acceptors (Lipinski definition) is 3. The van der Waals surface area contributed by atoms with Crippen LogP contribution in [0.4, 0.5) is 11.4 Å². The van der Waals surface area contributed by atoms with Crippen molar-refractivity contribution < 1.29 is 13.2 Å². The first-order chi connectivity index (χ1) is 11.6. The Balaban J connectivity index is 2.20. The number of nitrogens with one attached hydrogen (secondary N) is 2. The number of sulfonamides is 1. The second kappa shape index (κ2) is 7.45. The molecular formula is C18H21ClN2O3S. The summed E-state index contributed by atoms with van der Waals surface area (Å²) in [5.74, 6) is -0.166. The van der Waals surface area contributed by atoms with Gasteiger partial charge in [0.1, 0.15) is 0 Å². The van der Waals surface area contributed by atoms with Gasteiger partial charge in [-0.15, -0.1) is 0 Å². The van der Waals surface area contributed by atoms with Gasteiger partial charge < -0.3 is 5.32 Å². The van der Waals surface area contributed by atoms with E-state index in [4.69, 9.17) is 11.6 Å². The molecule has 0 heterocycles. The van der Waals surface area contributed by atoms with Crippen LogP contribution >= 0.6 is 11.6 Å². The molecule has 0 fully saturated rings. The van der Waals surface area contributed by atoms with Crippen molar-refractivity contribution in [2.45, 2.75) is 32.1 Å². The monoisotopic (exact) mass is 380 g/mol. The lowest BCUT2D eigenvalue weighted by Gasteiger charge is -2.17. The van der Waals surface area contributed by atoms with Crippen molar-refractivity contribution in [3.05, 3.63) is 53.6 Å². The van der Waals surface area contributed by atoms with Crippen molar-refractivity contribution in [3.8, 4) is 0 Å². The zero-order valence-corrected chi connectivity index (χ0v) is 15.9. The lowest BCUT2D eigenvalue weighted by molar-refractivity contribution is -0.117. The second-order valence-corrected chi connectivity index (χ2v) is 8.99. The van der Waals surface area contributed by atoms with Crippen LogP contribution in [0.3, 0.4) is 0 Å². The third kappa shape index (κ3) is 5.76. The maximum absolute atomic E-state index is 12.5. The van der Waals surface area contributed by atoms with Gasteiger partial charge in [-0.05, 0) is 35.7 Å². The first-order valence-electron chi connectivity index (χ1n) is 7.74. The zero-order valence-electron chi connectivity index (χ0n) is 14.3. The van der Waals surface area contributed by atoms with E-state index in [2.05, 4.69) is 10.0 Å². The molecule has 0 unspecified atom stereocenters. The summed E-state index contributed by atoms with van der Waals surface area (Å²) in [5, 5.41) is 3.04. The van der Waals surface area contributed by atoms with Gasteiger partial charge >= 0.3 is 0 Å². The van der Waals surface area contributed by atoms with Crippen molar-refractivity contribution in [1.29, 1.82) is 0 Å². The molecule has 7 heteroatoms. The number of para-hydroxylation sites is 1. The van der Waals surface area contributed by atoms with Crippen molar-refractivity contribution in [3.63, 3.8) is 0 Å². The molecule has 2 rings (SSSR count). The van der Waals surface area contributed by atoms with Crippen LogP contribution in [0, 0.1) is 5.41 Å². The highest BCUT2D eigenvalue weighted by Gasteiger charge is 2.18. The van der Waals surface area contributed by atoms with Gasteiger partial charge in [-0.25, -0.2) is 8.42 Å². The summed E-state index contributed by atoms with van der Waals surface area (Å²) in [5.41, 5.74) is 0.571. The van der Waals surface area contributed by atoms with Crippen LogP contribution in [0.25, 0.3) is 0 Å². The van der Waals surface area contributed by atoms with Gasteiger partial charge in [0.25, 0.3) is 10.0 Å². The third-order valence-corrected chi connectivity index (χ3v) is 4.93. The van der Waals surface area contributed by atoms with Gasteiger partial charge in [0, 0.05) is 12.1 Å². The molecule has 1 amide bonds. The molecule has 2 aromatic carbocycles. The molecule has 0 aliphatic rings. The van der Waals surface area contributed by atoms with Crippen molar-refractivity contribution in [2.75, 3.05) is 10.0 Å². The van der Waals surface area contributed by atoms with E-state index in [0.717, 1.165) is 0 Å². The smallest absolute Gasteiger partial charge is 0.262 e. The highest BCUT2D eigenvalue weighted by Crippen LogP contribution is 2.25. The summed E-state index contributed by atoms with van der Waals surface area (Å²) in [4.78, 5) is 12.1. The molecule has 0 aromatic heterocycles. The Labute approximate surface area is 153 Å². The molecule has 5 nitrogen and oxygen atoms in total. The summed E-state index contributed by atoms with van der Waals surface area (Å²) in [7, 11) is -3.81. The van der Waals surface area contributed by atoms with Crippen LogP contribution in [0.15, 0.2) is 53.4 Å². The van der Waals surface area contributed by atoms with Crippen LogP contribution in [0.2, 0.25) is 5.02 Å². The van der Waals surface area contributed by atoms with Crippen molar-refractivity contribution in [1.82, 2.24) is 0 Å². The van der Waals surface area contributed by atoms with E-state index >= 15 is 0 Å². The summed E-state index contributed by atoms with van der Waals surface area (Å²) < 4.78 is 27.5. The molecule has 0 radical (unpaired) electrons. The zero-order chi connectivity index (χ0) is 18.7. The fraction of sp³-hybridized carbons (Fsp3) is 0.278. The number of amides is 1. The average Bonchev–Trinajstić information content (AvgIpc) is 2.48. The standard InChI is InChI=1S/C18H21ClN2O3S/c1-18(2,3)12-17(22)20-13-7-6-8-14(11-13)25(23,24)21-16-10-5-4-9-15(16)19/h4-11,21H,12H2,1-3H3,(H,20,22). The summed E-state index contributed by atoms with van der Waals surface area (Å²) >= 11 is 6.00. The number of benzene rings is 2. The SMILES string of the molecule is CC(C)(C)CC(=O)Nc1cccc(S(=O)(=O)Nc2ccccc2Cl)c1. The molecule has 0 saturated carbocycles. The summed E-state index contributed by atoms with van der Waals surface area (Å²) in [6, 6.07) is 12.7. The average molecular weight is 381 g/mol. The highest BCUT2D eigenvalue weighted by atomic mass is 35.5. The van der Waals surface area contributed by atoms with Crippen LogP contribution in [-0.2, 0) is 14.8 Å². The van der Waals surface area contributed by atoms with Crippen molar-refractivity contribution >= 4 is 38.9 Å². The number of carbonyl (C=O) groups is 1. The van der Waals surface area contributed by atoms with E-state index in [-0.39, 0.29) is 16.2 Å². The highest BCUT2D eigenvalue weighted by molar-refractivity contribution is 7.92. The normalized spacial score (nSPS) is 11.8. The third-order valence-electron chi connectivity index (χ3n) is 3.24. The van der Waals surface area contributed by atoms with E-state index in [9.17, 15) is 13.2 Å². The minimum Gasteiger partial charge on any atom is -0.326 e. The number of halogens is 1. The molecular weight excluding hydrogens is 360 g/mol.